The Morgan fingerprint density at radius 1 is 1.26 bits per heavy atom. The van der Waals surface area contributed by atoms with Gasteiger partial charge in [0.05, 0.1) is 6.61 Å². The van der Waals surface area contributed by atoms with Crippen molar-refractivity contribution < 1.29 is 4.74 Å². The summed E-state index contributed by atoms with van der Waals surface area (Å²) in [5.74, 6) is 0.532. The second kappa shape index (κ2) is 7.51. The molecule has 1 aromatic rings. The largest absolute Gasteiger partial charge is 0.384 e. The molecule has 0 saturated carbocycles. The summed E-state index contributed by atoms with van der Waals surface area (Å²) in [6, 6.07) is 8.67. The second-order valence-electron chi connectivity index (χ2n) is 5.58. The Kier molecular flexibility index (Phi) is 5.67. The van der Waals surface area contributed by atoms with Crippen LogP contribution >= 0.6 is 0 Å². The van der Waals surface area contributed by atoms with Gasteiger partial charge in [0.15, 0.2) is 0 Å². The van der Waals surface area contributed by atoms with Gasteiger partial charge in [-0.3, -0.25) is 4.90 Å². The van der Waals surface area contributed by atoms with Crippen molar-refractivity contribution in [3.05, 3.63) is 29.8 Å². The first-order chi connectivity index (χ1) is 9.29. The molecule has 2 rings (SSSR count). The number of hydrogen-bond acceptors (Lipinski definition) is 3. The first-order valence-electron chi connectivity index (χ1n) is 7.32. The lowest BCUT2D eigenvalue weighted by molar-refractivity contribution is 0.164. The van der Waals surface area contributed by atoms with Gasteiger partial charge >= 0.3 is 0 Å². The van der Waals surface area contributed by atoms with E-state index in [0.29, 0.717) is 5.92 Å². The summed E-state index contributed by atoms with van der Waals surface area (Å²) in [4.78, 5) is 2.54. The summed E-state index contributed by atoms with van der Waals surface area (Å²) in [6.07, 6.45) is 2.70. The number of benzene rings is 1. The number of anilines is 1. The third kappa shape index (κ3) is 4.51. The van der Waals surface area contributed by atoms with Crippen LogP contribution in [0.2, 0.25) is 0 Å². The van der Waals surface area contributed by atoms with Gasteiger partial charge in [-0.25, -0.2) is 0 Å². The van der Waals surface area contributed by atoms with E-state index in [4.69, 9.17) is 4.74 Å². The lowest BCUT2D eigenvalue weighted by atomic mass is 10.1. The van der Waals surface area contributed by atoms with Crippen LogP contribution in [0, 0.1) is 5.92 Å². The molecule has 0 aromatic heterocycles. The van der Waals surface area contributed by atoms with Gasteiger partial charge in [-0.15, -0.1) is 0 Å². The minimum Gasteiger partial charge on any atom is -0.384 e. The van der Waals surface area contributed by atoms with E-state index in [2.05, 4.69) is 41.4 Å². The molecule has 1 unspecified atom stereocenters. The molecule has 1 aromatic carbocycles. The van der Waals surface area contributed by atoms with Gasteiger partial charge in [0, 0.05) is 25.9 Å². The first-order valence-corrected chi connectivity index (χ1v) is 7.32. The van der Waals surface area contributed by atoms with Gasteiger partial charge in [-0.05, 0) is 43.5 Å². The van der Waals surface area contributed by atoms with Crippen LogP contribution in [0.1, 0.15) is 25.3 Å². The van der Waals surface area contributed by atoms with Crippen LogP contribution in [-0.2, 0) is 11.3 Å². The predicted octanol–water partition coefficient (Wildman–Crippen LogP) is 2.98. The lowest BCUT2D eigenvalue weighted by Gasteiger charge is -2.19. The number of nitrogens with zero attached hydrogens (tertiary/aromatic N) is 1. The number of methoxy groups -OCH3 is 1. The van der Waals surface area contributed by atoms with Crippen LogP contribution < -0.4 is 5.32 Å². The van der Waals surface area contributed by atoms with E-state index < -0.39 is 0 Å². The molecule has 19 heavy (non-hydrogen) atoms. The first kappa shape index (κ1) is 14.4. The highest BCUT2D eigenvalue weighted by molar-refractivity contribution is 5.51. The van der Waals surface area contributed by atoms with Crippen LogP contribution in [0.15, 0.2) is 24.3 Å². The summed E-state index contributed by atoms with van der Waals surface area (Å²) in [6.45, 7) is 7.54. The quantitative estimate of drug-likeness (QED) is 0.817. The Morgan fingerprint density at radius 3 is 2.74 bits per heavy atom. The molecule has 0 aliphatic carbocycles. The van der Waals surface area contributed by atoms with E-state index >= 15 is 0 Å². The van der Waals surface area contributed by atoms with Crippen molar-refractivity contribution in [2.75, 3.05) is 38.7 Å². The van der Waals surface area contributed by atoms with Crippen molar-refractivity contribution >= 4 is 5.69 Å². The molecule has 106 valence electrons. The van der Waals surface area contributed by atoms with E-state index in [-0.39, 0.29) is 0 Å². The number of ether oxygens (including phenoxy) is 1. The maximum atomic E-state index is 5.18. The zero-order valence-electron chi connectivity index (χ0n) is 12.2. The Bertz CT molecular complexity index is 375. The molecule has 0 spiro atoms. The highest BCUT2D eigenvalue weighted by atomic mass is 16.5. The summed E-state index contributed by atoms with van der Waals surface area (Å²) in [7, 11) is 1.76. The SMILES string of the molecule is COCC(C)CNc1ccccc1CN1CCCC1. The van der Waals surface area contributed by atoms with E-state index in [1.807, 2.05) is 0 Å². The molecular weight excluding hydrogens is 236 g/mol. The fourth-order valence-electron chi connectivity index (χ4n) is 2.64. The predicted molar refractivity (Wildman–Crippen MR) is 80.5 cm³/mol. The number of hydrogen-bond donors (Lipinski definition) is 1. The lowest BCUT2D eigenvalue weighted by Crippen LogP contribution is -2.21. The van der Waals surface area contributed by atoms with Gasteiger partial charge in [0.25, 0.3) is 0 Å². The van der Waals surface area contributed by atoms with Crippen molar-refractivity contribution in [2.45, 2.75) is 26.3 Å². The third-order valence-corrected chi connectivity index (χ3v) is 3.70. The number of nitrogens with one attached hydrogen (secondary N) is 1. The Morgan fingerprint density at radius 2 is 2.00 bits per heavy atom. The molecule has 0 radical (unpaired) electrons. The van der Waals surface area contributed by atoms with E-state index in [0.717, 1.165) is 19.7 Å². The summed E-state index contributed by atoms with van der Waals surface area (Å²) in [5, 5.41) is 3.57. The minimum atomic E-state index is 0.532. The van der Waals surface area contributed by atoms with Crippen molar-refractivity contribution in [1.29, 1.82) is 0 Å². The molecule has 1 saturated heterocycles. The molecule has 3 heteroatoms. The van der Waals surface area contributed by atoms with Gasteiger partial charge in [-0.2, -0.15) is 0 Å². The zero-order valence-corrected chi connectivity index (χ0v) is 12.2. The van der Waals surface area contributed by atoms with E-state index in [9.17, 15) is 0 Å². The topological polar surface area (TPSA) is 24.5 Å². The fourth-order valence-corrected chi connectivity index (χ4v) is 2.64. The number of rotatable bonds is 7. The van der Waals surface area contributed by atoms with Crippen LogP contribution in [0.5, 0.6) is 0 Å². The molecular formula is C16H26N2O. The van der Waals surface area contributed by atoms with Crippen LogP contribution in [0.3, 0.4) is 0 Å². The van der Waals surface area contributed by atoms with E-state index in [1.165, 1.54) is 37.2 Å². The van der Waals surface area contributed by atoms with Gasteiger partial charge in [-0.1, -0.05) is 25.1 Å². The van der Waals surface area contributed by atoms with Gasteiger partial charge in [0.1, 0.15) is 0 Å². The molecule has 0 bridgehead atoms. The Hall–Kier alpha value is -1.06. The molecule has 1 N–H and O–H groups in total. The molecule has 3 nitrogen and oxygen atoms in total. The second-order valence-corrected chi connectivity index (χ2v) is 5.58. The minimum absolute atomic E-state index is 0.532. The fraction of sp³-hybridized carbons (Fsp3) is 0.625. The molecule has 1 heterocycles. The van der Waals surface area contributed by atoms with Crippen LogP contribution in [0.25, 0.3) is 0 Å². The van der Waals surface area contributed by atoms with Gasteiger partial charge in [0.2, 0.25) is 0 Å². The summed E-state index contributed by atoms with van der Waals surface area (Å²) in [5.41, 5.74) is 2.69. The Balaban J connectivity index is 1.91. The van der Waals surface area contributed by atoms with Crippen molar-refractivity contribution in [3.8, 4) is 0 Å². The average molecular weight is 262 g/mol. The third-order valence-electron chi connectivity index (χ3n) is 3.70. The average Bonchev–Trinajstić information content (AvgIpc) is 2.91. The zero-order chi connectivity index (χ0) is 13.5. The monoisotopic (exact) mass is 262 g/mol. The van der Waals surface area contributed by atoms with Crippen LogP contribution in [-0.4, -0.2) is 38.3 Å². The van der Waals surface area contributed by atoms with E-state index in [1.54, 1.807) is 7.11 Å². The Labute approximate surface area is 116 Å². The maximum absolute atomic E-state index is 5.18. The smallest absolute Gasteiger partial charge is 0.0504 e. The standard InChI is InChI=1S/C16H26N2O/c1-14(13-19-2)11-17-16-8-4-3-7-15(16)12-18-9-5-6-10-18/h3-4,7-8,14,17H,5-6,9-13H2,1-2H3. The molecule has 1 atom stereocenters. The maximum Gasteiger partial charge on any atom is 0.0504 e. The van der Waals surface area contributed by atoms with Crippen molar-refractivity contribution in [2.24, 2.45) is 5.92 Å². The molecule has 1 fully saturated rings. The summed E-state index contributed by atoms with van der Waals surface area (Å²) >= 11 is 0. The molecule has 0 amide bonds. The number of para-hydroxylation sites is 1. The normalized spacial score (nSPS) is 17.6. The van der Waals surface area contributed by atoms with Gasteiger partial charge < -0.3 is 10.1 Å². The van der Waals surface area contributed by atoms with Crippen molar-refractivity contribution in [1.82, 2.24) is 4.90 Å². The number of likely N-dealkylation sites (tertiary alicyclic amines) is 1. The molecule has 1 aliphatic heterocycles. The van der Waals surface area contributed by atoms with Crippen LogP contribution in [0.4, 0.5) is 5.69 Å². The highest BCUT2D eigenvalue weighted by Gasteiger charge is 2.13. The highest BCUT2D eigenvalue weighted by Crippen LogP contribution is 2.20. The van der Waals surface area contributed by atoms with Crippen molar-refractivity contribution in [3.63, 3.8) is 0 Å². The summed E-state index contributed by atoms with van der Waals surface area (Å²) < 4.78 is 5.18. The molecule has 1 aliphatic rings.